The summed E-state index contributed by atoms with van der Waals surface area (Å²) in [7, 11) is 0. The molecular formula is C21H31N3O2S. The Hall–Kier alpha value is -2.08. The van der Waals surface area contributed by atoms with E-state index in [9.17, 15) is 4.79 Å². The molecule has 27 heavy (non-hydrogen) atoms. The van der Waals surface area contributed by atoms with Gasteiger partial charge in [0.2, 0.25) is 0 Å². The standard InChI is InChI=1S/C21H31N3O2S/c1-16(2)8-10-24(11-9-17(3)4)21(25)23-18-6-5-7-20(12-18)26-13-19-14-27-15-22-19/h5-7,12,14-17H,8-11,13H2,1-4H3,(H,23,25). The van der Waals surface area contributed by atoms with Crippen LogP contribution >= 0.6 is 11.3 Å². The van der Waals surface area contributed by atoms with Crippen molar-refractivity contribution in [2.45, 2.75) is 47.1 Å². The zero-order valence-corrected chi connectivity index (χ0v) is 17.6. The summed E-state index contributed by atoms with van der Waals surface area (Å²) in [6.45, 7) is 10.7. The van der Waals surface area contributed by atoms with E-state index in [1.54, 1.807) is 16.8 Å². The van der Waals surface area contributed by atoms with Gasteiger partial charge in [0.25, 0.3) is 0 Å². The highest BCUT2D eigenvalue weighted by atomic mass is 32.1. The summed E-state index contributed by atoms with van der Waals surface area (Å²) in [4.78, 5) is 18.9. The third-order valence-electron chi connectivity index (χ3n) is 4.20. The van der Waals surface area contributed by atoms with Gasteiger partial charge in [0.05, 0.1) is 11.2 Å². The molecule has 0 bridgehead atoms. The van der Waals surface area contributed by atoms with Gasteiger partial charge in [0.15, 0.2) is 0 Å². The number of rotatable bonds is 10. The van der Waals surface area contributed by atoms with Crippen LogP contribution in [0.1, 0.15) is 46.2 Å². The molecular weight excluding hydrogens is 358 g/mol. The average Bonchev–Trinajstić information content (AvgIpc) is 3.13. The second-order valence-corrected chi connectivity index (χ2v) is 8.30. The minimum Gasteiger partial charge on any atom is -0.487 e. The number of nitrogens with one attached hydrogen (secondary N) is 1. The number of ether oxygens (including phenoxy) is 1. The van der Waals surface area contributed by atoms with Gasteiger partial charge in [-0.25, -0.2) is 9.78 Å². The van der Waals surface area contributed by atoms with Crippen LogP contribution in [0.4, 0.5) is 10.5 Å². The molecule has 5 nitrogen and oxygen atoms in total. The molecule has 2 aromatic rings. The number of hydrogen-bond acceptors (Lipinski definition) is 4. The molecule has 1 aromatic heterocycles. The van der Waals surface area contributed by atoms with Crippen LogP contribution in [0, 0.1) is 11.8 Å². The second kappa shape index (κ2) is 10.9. The maximum absolute atomic E-state index is 12.8. The fourth-order valence-electron chi connectivity index (χ4n) is 2.48. The van der Waals surface area contributed by atoms with Crippen LogP contribution in [0.2, 0.25) is 0 Å². The zero-order valence-electron chi connectivity index (χ0n) is 16.8. The van der Waals surface area contributed by atoms with E-state index in [4.69, 9.17) is 4.74 Å². The largest absolute Gasteiger partial charge is 0.487 e. The van der Waals surface area contributed by atoms with Crippen LogP contribution in [0.3, 0.4) is 0 Å². The van der Waals surface area contributed by atoms with Crippen LogP contribution in [0.25, 0.3) is 0 Å². The number of anilines is 1. The van der Waals surface area contributed by atoms with Gasteiger partial charge in [0, 0.05) is 30.2 Å². The number of nitrogens with zero attached hydrogens (tertiary/aromatic N) is 2. The predicted molar refractivity (Wildman–Crippen MR) is 112 cm³/mol. The SMILES string of the molecule is CC(C)CCN(CCC(C)C)C(=O)Nc1cccc(OCc2cscn2)c1. The number of aromatic nitrogens is 1. The summed E-state index contributed by atoms with van der Waals surface area (Å²) >= 11 is 1.55. The van der Waals surface area contributed by atoms with Gasteiger partial charge < -0.3 is 15.0 Å². The molecule has 0 radical (unpaired) electrons. The van der Waals surface area contributed by atoms with Gasteiger partial charge in [-0.3, -0.25) is 0 Å². The Kier molecular flexibility index (Phi) is 8.58. The topological polar surface area (TPSA) is 54.5 Å². The van der Waals surface area contributed by atoms with Crippen LogP contribution in [-0.4, -0.2) is 29.0 Å². The van der Waals surface area contributed by atoms with E-state index in [1.165, 1.54) is 0 Å². The Balaban J connectivity index is 1.95. The molecule has 6 heteroatoms. The lowest BCUT2D eigenvalue weighted by atomic mass is 10.1. The van der Waals surface area contributed by atoms with E-state index in [0.717, 1.165) is 43.1 Å². The smallest absolute Gasteiger partial charge is 0.321 e. The van der Waals surface area contributed by atoms with Crippen molar-refractivity contribution in [1.29, 1.82) is 0 Å². The van der Waals surface area contributed by atoms with E-state index in [2.05, 4.69) is 38.0 Å². The maximum atomic E-state index is 12.8. The van der Waals surface area contributed by atoms with Crippen LogP contribution < -0.4 is 10.1 Å². The van der Waals surface area contributed by atoms with Crippen molar-refractivity contribution in [3.63, 3.8) is 0 Å². The Bertz CT molecular complexity index is 674. The quantitative estimate of drug-likeness (QED) is 0.571. The van der Waals surface area contributed by atoms with Crippen LogP contribution in [0.15, 0.2) is 35.2 Å². The molecule has 0 fully saturated rings. The highest BCUT2D eigenvalue weighted by Gasteiger charge is 2.15. The van der Waals surface area contributed by atoms with E-state index in [0.29, 0.717) is 18.4 Å². The van der Waals surface area contributed by atoms with Gasteiger partial charge in [-0.05, 0) is 36.8 Å². The van der Waals surface area contributed by atoms with Crippen molar-refractivity contribution in [2.75, 3.05) is 18.4 Å². The predicted octanol–water partition coefficient (Wildman–Crippen LogP) is 5.65. The summed E-state index contributed by atoms with van der Waals surface area (Å²) in [5, 5.41) is 4.98. The van der Waals surface area contributed by atoms with Crippen molar-refractivity contribution in [2.24, 2.45) is 11.8 Å². The van der Waals surface area contributed by atoms with Gasteiger partial charge >= 0.3 is 6.03 Å². The molecule has 2 amide bonds. The molecule has 0 aliphatic heterocycles. The minimum absolute atomic E-state index is 0.0482. The molecule has 2 rings (SSSR count). The van der Waals surface area contributed by atoms with Gasteiger partial charge in [-0.15, -0.1) is 11.3 Å². The van der Waals surface area contributed by atoms with Crippen LogP contribution in [0.5, 0.6) is 5.75 Å². The first-order valence-corrected chi connectivity index (χ1v) is 10.5. The molecule has 1 N–H and O–H groups in total. The lowest BCUT2D eigenvalue weighted by Gasteiger charge is -2.25. The molecule has 0 aliphatic rings. The fraction of sp³-hybridized carbons (Fsp3) is 0.524. The van der Waals surface area contributed by atoms with Crippen LogP contribution in [-0.2, 0) is 6.61 Å². The third-order valence-corrected chi connectivity index (χ3v) is 4.83. The normalized spacial score (nSPS) is 11.0. The Morgan fingerprint density at radius 2 is 1.89 bits per heavy atom. The van der Waals surface area contributed by atoms with E-state index in [1.807, 2.05) is 34.5 Å². The summed E-state index contributed by atoms with van der Waals surface area (Å²) in [5.41, 5.74) is 3.44. The average molecular weight is 390 g/mol. The van der Waals surface area contributed by atoms with Crippen molar-refractivity contribution in [1.82, 2.24) is 9.88 Å². The summed E-state index contributed by atoms with van der Waals surface area (Å²) in [6, 6.07) is 7.47. The summed E-state index contributed by atoms with van der Waals surface area (Å²) in [5.74, 6) is 1.86. The summed E-state index contributed by atoms with van der Waals surface area (Å²) in [6.07, 6.45) is 2.00. The number of amides is 2. The van der Waals surface area contributed by atoms with Gasteiger partial charge in [-0.2, -0.15) is 0 Å². The first-order chi connectivity index (χ1) is 12.9. The maximum Gasteiger partial charge on any atom is 0.321 e. The Morgan fingerprint density at radius 3 is 2.48 bits per heavy atom. The minimum atomic E-state index is -0.0482. The van der Waals surface area contributed by atoms with Gasteiger partial charge in [-0.1, -0.05) is 33.8 Å². The van der Waals surface area contributed by atoms with E-state index < -0.39 is 0 Å². The number of carbonyl (C=O) groups excluding carboxylic acids is 1. The lowest BCUT2D eigenvalue weighted by Crippen LogP contribution is -2.37. The number of thiazole rings is 1. The molecule has 148 valence electrons. The number of carbonyl (C=O) groups is 1. The third kappa shape index (κ3) is 7.99. The first-order valence-electron chi connectivity index (χ1n) is 9.60. The highest BCUT2D eigenvalue weighted by molar-refractivity contribution is 7.07. The second-order valence-electron chi connectivity index (χ2n) is 7.58. The number of benzene rings is 1. The van der Waals surface area contributed by atoms with E-state index in [-0.39, 0.29) is 6.03 Å². The van der Waals surface area contributed by atoms with E-state index >= 15 is 0 Å². The molecule has 1 heterocycles. The van der Waals surface area contributed by atoms with Crippen molar-refractivity contribution >= 4 is 23.1 Å². The molecule has 0 saturated heterocycles. The Morgan fingerprint density at radius 1 is 1.19 bits per heavy atom. The lowest BCUT2D eigenvalue weighted by molar-refractivity contribution is 0.205. The summed E-state index contributed by atoms with van der Waals surface area (Å²) < 4.78 is 5.77. The molecule has 1 aromatic carbocycles. The molecule has 0 aliphatic carbocycles. The first kappa shape index (κ1) is 21.2. The monoisotopic (exact) mass is 389 g/mol. The van der Waals surface area contributed by atoms with Gasteiger partial charge in [0.1, 0.15) is 12.4 Å². The number of hydrogen-bond donors (Lipinski definition) is 1. The molecule has 0 atom stereocenters. The Labute approximate surface area is 166 Å². The van der Waals surface area contributed by atoms with Crippen molar-refractivity contribution in [3.05, 3.63) is 40.8 Å². The fourth-order valence-corrected chi connectivity index (χ4v) is 3.02. The molecule has 0 saturated carbocycles. The molecule has 0 unspecified atom stereocenters. The van der Waals surface area contributed by atoms with Crippen molar-refractivity contribution < 1.29 is 9.53 Å². The molecule has 0 spiro atoms. The number of urea groups is 1. The zero-order chi connectivity index (χ0) is 19.6. The van der Waals surface area contributed by atoms with Crippen molar-refractivity contribution in [3.8, 4) is 5.75 Å². The highest BCUT2D eigenvalue weighted by Crippen LogP contribution is 2.19.